The molecule has 0 radical (unpaired) electrons. The Morgan fingerprint density at radius 1 is 1.38 bits per heavy atom. The third-order valence-electron chi connectivity index (χ3n) is 2.71. The number of hydrogen-bond donors (Lipinski definition) is 2. The monoisotopic (exact) mass is 180 g/mol. The summed E-state index contributed by atoms with van der Waals surface area (Å²) in [6.45, 7) is 2.36. The van der Waals surface area contributed by atoms with Crippen molar-refractivity contribution in [3.63, 3.8) is 0 Å². The summed E-state index contributed by atoms with van der Waals surface area (Å²) >= 11 is 0. The maximum absolute atomic E-state index is 4.12. The van der Waals surface area contributed by atoms with Crippen LogP contribution in [0.1, 0.15) is 25.1 Å². The van der Waals surface area contributed by atoms with Crippen LogP contribution in [0, 0.1) is 5.92 Å². The molecular formula is C9H16N4. The third kappa shape index (κ3) is 2.52. The minimum absolute atomic E-state index is 0.881. The molecule has 0 unspecified atom stereocenters. The number of H-pyrrole nitrogens is 1. The van der Waals surface area contributed by atoms with E-state index in [1.54, 1.807) is 6.33 Å². The van der Waals surface area contributed by atoms with Crippen molar-refractivity contribution in [1.82, 2.24) is 20.5 Å². The van der Waals surface area contributed by atoms with Gasteiger partial charge in [0.1, 0.15) is 12.2 Å². The van der Waals surface area contributed by atoms with Crippen molar-refractivity contribution >= 4 is 0 Å². The molecule has 1 aliphatic heterocycles. The van der Waals surface area contributed by atoms with Crippen molar-refractivity contribution in [2.24, 2.45) is 5.92 Å². The molecule has 1 aromatic heterocycles. The summed E-state index contributed by atoms with van der Waals surface area (Å²) in [7, 11) is 0. The van der Waals surface area contributed by atoms with Crippen molar-refractivity contribution in [3.05, 3.63) is 12.2 Å². The van der Waals surface area contributed by atoms with Gasteiger partial charge in [-0.2, -0.15) is 5.10 Å². The first-order chi connectivity index (χ1) is 6.45. The Kier molecular flexibility index (Phi) is 2.92. The molecule has 72 valence electrons. The van der Waals surface area contributed by atoms with E-state index in [2.05, 4.69) is 20.5 Å². The van der Waals surface area contributed by atoms with Crippen LogP contribution in [0.2, 0.25) is 0 Å². The van der Waals surface area contributed by atoms with Crippen LogP contribution in [0.15, 0.2) is 6.33 Å². The van der Waals surface area contributed by atoms with Gasteiger partial charge in [0, 0.05) is 6.42 Å². The van der Waals surface area contributed by atoms with Crippen molar-refractivity contribution in [3.8, 4) is 0 Å². The van der Waals surface area contributed by atoms with Crippen LogP contribution >= 0.6 is 0 Å². The van der Waals surface area contributed by atoms with Crippen LogP contribution in [0.4, 0.5) is 0 Å². The molecule has 0 aromatic carbocycles. The van der Waals surface area contributed by atoms with Gasteiger partial charge in [0.2, 0.25) is 0 Å². The number of piperidine rings is 1. The Labute approximate surface area is 78.1 Å². The molecule has 2 rings (SSSR count). The second-order valence-corrected chi connectivity index (χ2v) is 3.66. The van der Waals surface area contributed by atoms with E-state index in [0.717, 1.165) is 18.2 Å². The van der Waals surface area contributed by atoms with E-state index in [0.29, 0.717) is 0 Å². The van der Waals surface area contributed by atoms with Crippen LogP contribution in [-0.2, 0) is 6.42 Å². The summed E-state index contributed by atoms with van der Waals surface area (Å²) in [5.41, 5.74) is 0. The standard InChI is InChI=1S/C9H16N4/c1(2-9-11-7-12-13-9)8-3-5-10-6-4-8/h7-8,10H,1-6H2,(H,11,12,13). The van der Waals surface area contributed by atoms with Gasteiger partial charge >= 0.3 is 0 Å². The lowest BCUT2D eigenvalue weighted by atomic mass is 9.93. The predicted molar refractivity (Wildman–Crippen MR) is 50.3 cm³/mol. The molecule has 4 heteroatoms. The Hall–Kier alpha value is -0.900. The number of nitrogens with one attached hydrogen (secondary N) is 2. The number of aromatic amines is 1. The predicted octanol–water partition coefficient (Wildman–Crippen LogP) is 0.737. The van der Waals surface area contributed by atoms with Crippen LogP contribution < -0.4 is 5.32 Å². The molecule has 13 heavy (non-hydrogen) atoms. The minimum atomic E-state index is 0.881. The summed E-state index contributed by atoms with van der Waals surface area (Å²) in [4.78, 5) is 4.12. The van der Waals surface area contributed by atoms with Crippen molar-refractivity contribution in [2.45, 2.75) is 25.7 Å². The highest BCUT2D eigenvalue weighted by atomic mass is 15.2. The summed E-state index contributed by atoms with van der Waals surface area (Å²) in [5, 5.41) is 10.1. The lowest BCUT2D eigenvalue weighted by Crippen LogP contribution is -2.27. The Bertz CT molecular complexity index is 226. The van der Waals surface area contributed by atoms with Crippen LogP contribution in [0.5, 0.6) is 0 Å². The Morgan fingerprint density at radius 2 is 2.23 bits per heavy atom. The molecular weight excluding hydrogens is 164 g/mol. The van der Waals surface area contributed by atoms with E-state index in [-0.39, 0.29) is 0 Å². The molecule has 2 N–H and O–H groups in total. The maximum atomic E-state index is 4.12. The number of rotatable bonds is 3. The normalized spacial score (nSPS) is 19.1. The molecule has 0 atom stereocenters. The van der Waals surface area contributed by atoms with Crippen molar-refractivity contribution in [2.75, 3.05) is 13.1 Å². The molecule has 0 saturated carbocycles. The molecule has 2 heterocycles. The highest BCUT2D eigenvalue weighted by molar-refractivity contribution is 4.81. The molecule has 0 aliphatic carbocycles. The molecule has 1 aliphatic rings. The molecule has 0 spiro atoms. The molecule has 0 amide bonds. The second kappa shape index (κ2) is 4.37. The van der Waals surface area contributed by atoms with Gasteiger partial charge in [-0.25, -0.2) is 4.98 Å². The van der Waals surface area contributed by atoms with E-state index < -0.39 is 0 Å². The van der Waals surface area contributed by atoms with Crippen LogP contribution in [0.3, 0.4) is 0 Å². The zero-order valence-corrected chi connectivity index (χ0v) is 7.79. The van der Waals surface area contributed by atoms with Gasteiger partial charge in [-0.05, 0) is 38.3 Å². The topological polar surface area (TPSA) is 53.6 Å². The van der Waals surface area contributed by atoms with Gasteiger partial charge in [-0.15, -0.1) is 0 Å². The molecule has 1 fully saturated rings. The van der Waals surface area contributed by atoms with E-state index in [9.17, 15) is 0 Å². The zero-order valence-electron chi connectivity index (χ0n) is 7.79. The quantitative estimate of drug-likeness (QED) is 0.721. The van der Waals surface area contributed by atoms with Crippen LogP contribution in [-0.4, -0.2) is 28.3 Å². The fourth-order valence-electron chi connectivity index (χ4n) is 1.86. The Balaban J connectivity index is 1.72. The second-order valence-electron chi connectivity index (χ2n) is 3.66. The van der Waals surface area contributed by atoms with E-state index >= 15 is 0 Å². The van der Waals surface area contributed by atoms with Gasteiger partial charge < -0.3 is 5.32 Å². The lowest BCUT2D eigenvalue weighted by Gasteiger charge is -2.21. The summed E-state index contributed by atoms with van der Waals surface area (Å²) in [6.07, 6.45) is 6.50. The molecule has 1 saturated heterocycles. The van der Waals surface area contributed by atoms with Crippen molar-refractivity contribution in [1.29, 1.82) is 0 Å². The molecule has 1 aromatic rings. The average molecular weight is 180 g/mol. The zero-order chi connectivity index (χ0) is 8.93. The first kappa shape index (κ1) is 8.69. The number of aromatic nitrogens is 3. The molecule has 4 nitrogen and oxygen atoms in total. The maximum Gasteiger partial charge on any atom is 0.137 e. The third-order valence-corrected chi connectivity index (χ3v) is 2.71. The highest BCUT2D eigenvalue weighted by Crippen LogP contribution is 2.17. The minimum Gasteiger partial charge on any atom is -0.317 e. The number of hydrogen-bond acceptors (Lipinski definition) is 3. The van der Waals surface area contributed by atoms with Gasteiger partial charge in [-0.1, -0.05) is 0 Å². The smallest absolute Gasteiger partial charge is 0.137 e. The largest absolute Gasteiger partial charge is 0.317 e. The van der Waals surface area contributed by atoms with E-state index in [4.69, 9.17) is 0 Å². The van der Waals surface area contributed by atoms with Crippen LogP contribution in [0.25, 0.3) is 0 Å². The number of nitrogens with zero attached hydrogens (tertiary/aromatic N) is 2. The van der Waals surface area contributed by atoms with E-state index in [1.807, 2.05) is 0 Å². The SMILES string of the molecule is c1n[nH]c(CCC2CCNCC2)n1. The van der Waals surface area contributed by atoms with Gasteiger partial charge in [0.15, 0.2) is 0 Å². The first-order valence-electron chi connectivity index (χ1n) is 5.00. The average Bonchev–Trinajstić information content (AvgIpc) is 2.69. The fraction of sp³-hybridized carbons (Fsp3) is 0.778. The van der Waals surface area contributed by atoms with Crippen molar-refractivity contribution < 1.29 is 0 Å². The van der Waals surface area contributed by atoms with Gasteiger partial charge in [0.25, 0.3) is 0 Å². The summed E-state index contributed by atoms with van der Waals surface area (Å²) in [6, 6.07) is 0. The Morgan fingerprint density at radius 3 is 2.92 bits per heavy atom. The number of aryl methyl sites for hydroxylation is 1. The lowest BCUT2D eigenvalue weighted by molar-refractivity contribution is 0.352. The highest BCUT2D eigenvalue weighted by Gasteiger charge is 2.12. The summed E-state index contributed by atoms with van der Waals surface area (Å²) in [5.74, 6) is 1.91. The van der Waals surface area contributed by atoms with Gasteiger partial charge in [-0.3, -0.25) is 5.10 Å². The van der Waals surface area contributed by atoms with E-state index in [1.165, 1.54) is 32.4 Å². The molecule has 0 bridgehead atoms. The summed E-state index contributed by atoms with van der Waals surface area (Å²) < 4.78 is 0. The fourth-order valence-corrected chi connectivity index (χ4v) is 1.86. The van der Waals surface area contributed by atoms with Gasteiger partial charge in [0.05, 0.1) is 0 Å². The first-order valence-corrected chi connectivity index (χ1v) is 5.00.